The van der Waals surface area contributed by atoms with Crippen LogP contribution in [0.2, 0.25) is 0 Å². The number of aromatic nitrogens is 4. The van der Waals surface area contributed by atoms with Crippen LogP contribution < -0.4 is 4.74 Å². The minimum absolute atomic E-state index is 0.541. The zero-order chi connectivity index (χ0) is 12.4. The topological polar surface area (TPSA) is 69.9 Å². The summed E-state index contributed by atoms with van der Waals surface area (Å²) < 4.78 is 7.70. The Morgan fingerprint density at radius 2 is 2.12 bits per heavy atom. The Kier molecular flexibility index (Phi) is 2.90. The molecule has 0 spiro atoms. The molecule has 0 unspecified atom stereocenters. The van der Waals surface area contributed by atoms with Crippen LogP contribution in [0.15, 0.2) is 12.3 Å². The van der Waals surface area contributed by atoms with Crippen molar-refractivity contribution >= 4 is 17.2 Å². The number of nitrogens with zero attached hydrogens (tertiary/aromatic N) is 5. The van der Waals surface area contributed by atoms with Crippen LogP contribution in [0.4, 0.5) is 0 Å². The molecule has 0 aliphatic carbocycles. The van der Waals surface area contributed by atoms with Gasteiger partial charge in [0.25, 0.3) is 0 Å². The van der Waals surface area contributed by atoms with E-state index in [1.807, 2.05) is 37.7 Å². The fourth-order valence-corrected chi connectivity index (χ4v) is 1.50. The quantitative estimate of drug-likeness (QED) is 0.425. The van der Waals surface area contributed by atoms with Gasteiger partial charge in [-0.1, -0.05) is 0 Å². The maximum Gasteiger partial charge on any atom is 0.450 e. The van der Waals surface area contributed by atoms with Gasteiger partial charge < -0.3 is 4.74 Å². The Morgan fingerprint density at radius 1 is 1.35 bits per heavy atom. The van der Waals surface area contributed by atoms with Crippen molar-refractivity contribution in [3.63, 3.8) is 0 Å². The molecule has 2 aromatic heterocycles. The number of pyridine rings is 1. The van der Waals surface area contributed by atoms with Crippen molar-refractivity contribution in [3.05, 3.63) is 12.3 Å². The van der Waals surface area contributed by atoms with Gasteiger partial charge in [-0.2, -0.15) is 10.3 Å². The van der Waals surface area contributed by atoms with Crippen LogP contribution in [0, 0.1) is 0 Å². The van der Waals surface area contributed by atoms with E-state index >= 15 is 0 Å². The summed E-state index contributed by atoms with van der Waals surface area (Å²) in [6, 6.07) is 2.47. The number of amidine groups is 1. The maximum atomic E-state index is 5.81. The van der Waals surface area contributed by atoms with E-state index in [9.17, 15) is 0 Å². The first-order valence-electron chi connectivity index (χ1n) is 5.14. The molecule has 0 amide bonds. The van der Waals surface area contributed by atoms with Gasteiger partial charge >= 0.3 is 6.02 Å². The number of fused-ring (bicyclic) bond motifs is 1. The Balaban J connectivity index is 2.42. The Morgan fingerprint density at radius 3 is 2.76 bits per heavy atom. The Bertz CT molecular complexity index is 555. The van der Waals surface area contributed by atoms with Gasteiger partial charge in [0, 0.05) is 12.3 Å². The van der Waals surface area contributed by atoms with Gasteiger partial charge in [0.2, 0.25) is 5.65 Å². The lowest BCUT2D eigenvalue weighted by atomic mass is 10.4. The minimum atomic E-state index is 0.541. The smallest absolute Gasteiger partial charge is 0.390 e. The summed E-state index contributed by atoms with van der Waals surface area (Å²) in [5, 5.41) is 10.5. The number of hydrogen-bond donors (Lipinski definition) is 1. The molecule has 90 valence electrons. The van der Waals surface area contributed by atoms with Crippen molar-refractivity contribution < 1.29 is 9.31 Å². The van der Waals surface area contributed by atoms with Crippen LogP contribution in [0.5, 0.6) is 5.75 Å². The second-order valence-corrected chi connectivity index (χ2v) is 3.98. The van der Waals surface area contributed by atoms with E-state index in [1.54, 1.807) is 12.3 Å². The molecule has 0 atom stereocenters. The van der Waals surface area contributed by atoms with Crippen LogP contribution in [-0.2, 0) is 0 Å². The van der Waals surface area contributed by atoms with E-state index < -0.39 is 0 Å². The number of hydrogen-bond acceptors (Lipinski definition) is 4. The van der Waals surface area contributed by atoms with Crippen LogP contribution in [0.3, 0.4) is 0 Å². The highest BCUT2D eigenvalue weighted by atomic mass is 16.5. The van der Waals surface area contributed by atoms with Gasteiger partial charge in [-0.25, -0.2) is 14.5 Å². The predicted octanol–water partition coefficient (Wildman–Crippen LogP) is -0.0786. The van der Waals surface area contributed by atoms with Gasteiger partial charge in [0.05, 0.1) is 28.2 Å². The van der Waals surface area contributed by atoms with E-state index in [0.717, 1.165) is 0 Å². The molecule has 2 heterocycles. The lowest BCUT2D eigenvalue weighted by Crippen LogP contribution is -2.34. The molecular formula is C10H15N6O+. The molecule has 7 heteroatoms. The van der Waals surface area contributed by atoms with Gasteiger partial charge in [-0.05, 0) is 0 Å². The van der Waals surface area contributed by atoms with Crippen LogP contribution in [-0.4, -0.2) is 64.1 Å². The fourth-order valence-electron chi connectivity index (χ4n) is 1.50. The van der Waals surface area contributed by atoms with Gasteiger partial charge in [0.15, 0.2) is 11.3 Å². The summed E-state index contributed by atoms with van der Waals surface area (Å²) in [7, 11) is 7.65. The maximum absolute atomic E-state index is 5.81. The van der Waals surface area contributed by atoms with Crippen LogP contribution >= 0.6 is 0 Å². The van der Waals surface area contributed by atoms with Gasteiger partial charge in [0.1, 0.15) is 0 Å². The molecule has 0 saturated carbocycles. The number of ether oxygens (including phenoxy) is 1. The number of rotatable bonds is 1. The van der Waals surface area contributed by atoms with Crippen LogP contribution in [0.25, 0.3) is 11.2 Å². The standard InChI is InChI=1S/C10H15N6O/c1-15(2)10(16(3)4)17-7-5-6-11-9-8(7)12-14-13-9/h5-6H,1-4H3,(H,11,12,13,14)/q+1. The summed E-state index contributed by atoms with van der Waals surface area (Å²) in [4.78, 5) is 5.96. The highest BCUT2D eigenvalue weighted by Crippen LogP contribution is 2.19. The van der Waals surface area contributed by atoms with Crippen molar-refractivity contribution in [2.24, 2.45) is 0 Å². The fraction of sp³-hybridized carbons (Fsp3) is 0.400. The lowest BCUT2D eigenvalue weighted by molar-refractivity contribution is -0.478. The normalized spacial score (nSPS) is 10.4. The minimum Gasteiger partial charge on any atom is -0.390 e. The highest BCUT2D eigenvalue weighted by molar-refractivity contribution is 5.81. The second kappa shape index (κ2) is 4.36. The van der Waals surface area contributed by atoms with E-state index in [2.05, 4.69) is 20.4 Å². The molecule has 0 aromatic carbocycles. The molecule has 0 saturated heterocycles. The van der Waals surface area contributed by atoms with Crippen molar-refractivity contribution in [1.29, 1.82) is 0 Å². The first kappa shape index (κ1) is 11.3. The molecule has 2 rings (SSSR count). The van der Waals surface area contributed by atoms with E-state index in [4.69, 9.17) is 4.74 Å². The van der Waals surface area contributed by atoms with Gasteiger partial charge in [-0.15, -0.1) is 5.10 Å². The van der Waals surface area contributed by atoms with E-state index in [-0.39, 0.29) is 0 Å². The van der Waals surface area contributed by atoms with E-state index in [0.29, 0.717) is 22.9 Å². The summed E-state index contributed by atoms with van der Waals surface area (Å²) >= 11 is 0. The van der Waals surface area contributed by atoms with Crippen molar-refractivity contribution in [1.82, 2.24) is 25.3 Å². The third-order valence-electron chi connectivity index (χ3n) is 2.15. The van der Waals surface area contributed by atoms with Crippen LogP contribution in [0.1, 0.15) is 0 Å². The Labute approximate surface area is 98.7 Å². The van der Waals surface area contributed by atoms with Crippen molar-refractivity contribution in [3.8, 4) is 5.75 Å². The first-order valence-corrected chi connectivity index (χ1v) is 5.14. The molecule has 1 N–H and O–H groups in total. The third-order valence-corrected chi connectivity index (χ3v) is 2.15. The molecule has 0 bridgehead atoms. The van der Waals surface area contributed by atoms with Crippen molar-refractivity contribution in [2.75, 3.05) is 28.2 Å². The Hall–Kier alpha value is -2.18. The predicted molar refractivity (Wildman–Crippen MR) is 63.1 cm³/mol. The molecule has 0 radical (unpaired) electrons. The SMILES string of the molecule is CN(C)C(Oc1ccnc2n[nH]nc12)=[N+](C)C. The zero-order valence-electron chi connectivity index (χ0n) is 10.3. The molecule has 0 aliphatic rings. The van der Waals surface area contributed by atoms with Crippen molar-refractivity contribution in [2.45, 2.75) is 0 Å². The molecular weight excluding hydrogens is 220 g/mol. The zero-order valence-corrected chi connectivity index (χ0v) is 10.3. The first-order chi connectivity index (χ1) is 8.09. The van der Waals surface area contributed by atoms with E-state index in [1.165, 1.54) is 0 Å². The summed E-state index contributed by atoms with van der Waals surface area (Å²) in [5.41, 5.74) is 1.16. The molecule has 0 aliphatic heterocycles. The average molecular weight is 235 g/mol. The average Bonchev–Trinajstić information content (AvgIpc) is 2.73. The molecule has 0 fully saturated rings. The summed E-state index contributed by atoms with van der Waals surface area (Å²) in [6.45, 7) is 0. The van der Waals surface area contributed by atoms with Gasteiger partial charge in [-0.3, -0.25) is 0 Å². The molecule has 17 heavy (non-hydrogen) atoms. The summed E-state index contributed by atoms with van der Waals surface area (Å²) in [5.74, 6) is 0.626. The number of aromatic amines is 1. The summed E-state index contributed by atoms with van der Waals surface area (Å²) in [6.07, 6.45) is 1.64. The third kappa shape index (κ3) is 2.17. The second-order valence-electron chi connectivity index (χ2n) is 3.98. The monoisotopic (exact) mass is 235 g/mol. The molecule has 7 nitrogen and oxygen atoms in total. The molecule has 2 aromatic rings. The lowest BCUT2D eigenvalue weighted by Gasteiger charge is -2.11. The number of H-pyrrole nitrogens is 1. The largest absolute Gasteiger partial charge is 0.450 e. The highest BCUT2D eigenvalue weighted by Gasteiger charge is 2.17. The number of nitrogens with one attached hydrogen (secondary N) is 1.